The highest BCUT2D eigenvalue weighted by atomic mass is 32.2. The van der Waals surface area contributed by atoms with Gasteiger partial charge in [0.2, 0.25) is 0 Å². The van der Waals surface area contributed by atoms with E-state index in [1.54, 1.807) is 37.1 Å². The van der Waals surface area contributed by atoms with E-state index in [1.165, 1.54) is 0 Å². The molecule has 0 atom stereocenters. The lowest BCUT2D eigenvalue weighted by Crippen LogP contribution is -2.13. The number of oxime groups is 1. The van der Waals surface area contributed by atoms with Crippen LogP contribution < -0.4 is 15.2 Å². The number of rotatable bonds is 6. The summed E-state index contributed by atoms with van der Waals surface area (Å²) in [6, 6.07) is 5.14. The number of nitrogens with two attached hydrogens (primary N) is 1. The first kappa shape index (κ1) is 13.5. The number of methoxy groups -OCH3 is 1. The van der Waals surface area contributed by atoms with Gasteiger partial charge in [0.05, 0.1) is 13.7 Å². The van der Waals surface area contributed by atoms with E-state index < -0.39 is 0 Å². The summed E-state index contributed by atoms with van der Waals surface area (Å²) in [6.07, 6.45) is 2.01. The molecule has 17 heavy (non-hydrogen) atoms. The summed E-state index contributed by atoms with van der Waals surface area (Å²) in [5, 5.41) is 11.6. The Balaban J connectivity index is 2.89. The molecule has 0 heterocycles. The first-order valence-electron chi connectivity index (χ1n) is 5.00. The number of benzene rings is 1. The van der Waals surface area contributed by atoms with Gasteiger partial charge in [-0.05, 0) is 18.4 Å². The molecule has 1 aromatic carbocycles. The molecule has 0 radical (unpaired) electrons. The molecule has 0 bridgehead atoms. The number of nitrogens with zero attached hydrogens (tertiary/aromatic N) is 1. The summed E-state index contributed by atoms with van der Waals surface area (Å²) < 4.78 is 10.7. The Morgan fingerprint density at radius 3 is 2.71 bits per heavy atom. The van der Waals surface area contributed by atoms with Crippen LogP contribution in [-0.2, 0) is 0 Å². The van der Waals surface area contributed by atoms with Gasteiger partial charge in [-0.15, -0.1) is 0 Å². The largest absolute Gasteiger partial charge is 0.497 e. The number of ether oxygens (including phenoxy) is 2. The third-order valence-electron chi connectivity index (χ3n) is 2.08. The zero-order valence-corrected chi connectivity index (χ0v) is 10.7. The Hall–Kier alpha value is -1.56. The van der Waals surface area contributed by atoms with Crippen LogP contribution in [0.25, 0.3) is 0 Å². The minimum atomic E-state index is 0.0265. The van der Waals surface area contributed by atoms with Gasteiger partial charge in [0.25, 0.3) is 0 Å². The highest BCUT2D eigenvalue weighted by Gasteiger charge is 2.06. The lowest BCUT2D eigenvalue weighted by Gasteiger charge is -2.09. The number of thioether (sulfide) groups is 1. The van der Waals surface area contributed by atoms with Crippen LogP contribution in [0.1, 0.15) is 5.56 Å². The SMILES string of the molecule is COc1cc(OCCSC)cc(/C(N)=N/O)c1. The molecule has 3 N–H and O–H groups in total. The van der Waals surface area contributed by atoms with Gasteiger partial charge in [0, 0.05) is 17.4 Å². The second-order valence-corrected chi connectivity index (χ2v) is 4.21. The van der Waals surface area contributed by atoms with E-state index in [0.717, 1.165) is 5.75 Å². The lowest BCUT2D eigenvalue weighted by molar-refractivity contribution is 0.318. The topological polar surface area (TPSA) is 77.1 Å². The van der Waals surface area contributed by atoms with Gasteiger partial charge >= 0.3 is 0 Å². The Bertz CT molecular complexity index is 396. The first-order chi connectivity index (χ1) is 8.21. The molecule has 0 unspecified atom stereocenters. The minimum absolute atomic E-state index is 0.0265. The summed E-state index contributed by atoms with van der Waals surface area (Å²) in [7, 11) is 1.55. The standard InChI is InChI=1S/C11H16N2O3S/c1-15-9-5-8(11(12)13-14)6-10(7-9)16-3-4-17-2/h5-7,14H,3-4H2,1-2H3,(H2,12,13). The molecule has 0 aromatic heterocycles. The molecule has 0 aliphatic rings. The molecule has 0 amide bonds. The number of amidine groups is 1. The molecule has 6 heteroatoms. The number of hydrogen-bond acceptors (Lipinski definition) is 5. The average Bonchev–Trinajstić information content (AvgIpc) is 2.37. The quantitative estimate of drug-likeness (QED) is 0.265. The third kappa shape index (κ3) is 4.07. The van der Waals surface area contributed by atoms with Gasteiger partial charge in [0.1, 0.15) is 11.5 Å². The van der Waals surface area contributed by atoms with Gasteiger partial charge < -0.3 is 20.4 Å². The molecular weight excluding hydrogens is 240 g/mol. The molecule has 0 fully saturated rings. The Kier molecular flexibility index (Phi) is 5.48. The van der Waals surface area contributed by atoms with Crippen LogP contribution in [0, 0.1) is 0 Å². The van der Waals surface area contributed by atoms with Crippen LogP contribution in [0.4, 0.5) is 0 Å². The maximum Gasteiger partial charge on any atom is 0.170 e. The Labute approximate surface area is 105 Å². The maximum absolute atomic E-state index is 8.63. The van der Waals surface area contributed by atoms with E-state index in [2.05, 4.69) is 5.16 Å². The molecule has 0 aliphatic heterocycles. The molecule has 0 saturated carbocycles. The second kappa shape index (κ2) is 6.90. The van der Waals surface area contributed by atoms with E-state index in [1.807, 2.05) is 6.26 Å². The van der Waals surface area contributed by atoms with E-state index >= 15 is 0 Å². The Morgan fingerprint density at radius 1 is 1.41 bits per heavy atom. The van der Waals surface area contributed by atoms with Crippen molar-refractivity contribution in [1.29, 1.82) is 0 Å². The minimum Gasteiger partial charge on any atom is -0.497 e. The van der Waals surface area contributed by atoms with Crippen LogP contribution >= 0.6 is 11.8 Å². The monoisotopic (exact) mass is 256 g/mol. The van der Waals surface area contributed by atoms with Gasteiger partial charge in [-0.1, -0.05) is 5.16 Å². The second-order valence-electron chi connectivity index (χ2n) is 3.22. The summed E-state index contributed by atoms with van der Waals surface area (Å²) in [6.45, 7) is 0.601. The van der Waals surface area contributed by atoms with Crippen molar-refractivity contribution in [2.75, 3.05) is 25.7 Å². The van der Waals surface area contributed by atoms with Crippen molar-refractivity contribution in [3.63, 3.8) is 0 Å². The molecule has 0 saturated heterocycles. The fourth-order valence-corrected chi connectivity index (χ4v) is 1.47. The van der Waals surface area contributed by atoms with Crippen molar-refractivity contribution in [3.8, 4) is 11.5 Å². The highest BCUT2D eigenvalue weighted by molar-refractivity contribution is 7.98. The van der Waals surface area contributed by atoms with E-state index in [-0.39, 0.29) is 5.84 Å². The highest BCUT2D eigenvalue weighted by Crippen LogP contribution is 2.22. The van der Waals surface area contributed by atoms with Crippen LogP contribution in [0.2, 0.25) is 0 Å². The summed E-state index contributed by atoms with van der Waals surface area (Å²) >= 11 is 1.70. The first-order valence-corrected chi connectivity index (χ1v) is 6.39. The fraction of sp³-hybridized carbons (Fsp3) is 0.364. The third-order valence-corrected chi connectivity index (χ3v) is 2.65. The average molecular weight is 256 g/mol. The normalized spacial score (nSPS) is 11.3. The van der Waals surface area contributed by atoms with Crippen molar-refractivity contribution in [2.45, 2.75) is 0 Å². The van der Waals surface area contributed by atoms with Crippen molar-refractivity contribution in [2.24, 2.45) is 10.9 Å². The molecular formula is C11H16N2O3S. The molecule has 5 nitrogen and oxygen atoms in total. The van der Waals surface area contributed by atoms with Crippen molar-refractivity contribution >= 4 is 17.6 Å². The smallest absolute Gasteiger partial charge is 0.170 e. The van der Waals surface area contributed by atoms with Crippen LogP contribution in [-0.4, -0.2) is 36.8 Å². The van der Waals surface area contributed by atoms with Crippen LogP contribution in [0.15, 0.2) is 23.4 Å². The molecule has 0 aliphatic carbocycles. The zero-order chi connectivity index (χ0) is 12.7. The zero-order valence-electron chi connectivity index (χ0n) is 9.84. The van der Waals surface area contributed by atoms with Crippen molar-refractivity contribution < 1.29 is 14.7 Å². The summed E-state index contributed by atoms with van der Waals surface area (Å²) in [5.74, 6) is 2.17. The van der Waals surface area contributed by atoms with Gasteiger partial charge in [0.15, 0.2) is 5.84 Å². The maximum atomic E-state index is 8.63. The van der Waals surface area contributed by atoms with Gasteiger partial charge in [-0.25, -0.2) is 0 Å². The van der Waals surface area contributed by atoms with Crippen molar-refractivity contribution in [1.82, 2.24) is 0 Å². The van der Waals surface area contributed by atoms with Crippen molar-refractivity contribution in [3.05, 3.63) is 23.8 Å². The fourth-order valence-electron chi connectivity index (χ4n) is 1.22. The Morgan fingerprint density at radius 2 is 2.12 bits per heavy atom. The number of hydrogen-bond donors (Lipinski definition) is 2. The predicted molar refractivity (Wildman–Crippen MR) is 69.4 cm³/mol. The predicted octanol–water partition coefficient (Wildman–Crippen LogP) is 1.53. The van der Waals surface area contributed by atoms with Gasteiger partial charge in [-0.3, -0.25) is 0 Å². The molecule has 0 spiro atoms. The molecule has 94 valence electrons. The summed E-state index contributed by atoms with van der Waals surface area (Å²) in [4.78, 5) is 0. The van der Waals surface area contributed by atoms with E-state index in [4.69, 9.17) is 20.4 Å². The van der Waals surface area contributed by atoms with E-state index in [0.29, 0.717) is 23.7 Å². The molecule has 1 rings (SSSR count). The van der Waals surface area contributed by atoms with Crippen LogP contribution in [0.5, 0.6) is 11.5 Å². The van der Waals surface area contributed by atoms with E-state index in [9.17, 15) is 0 Å². The van der Waals surface area contributed by atoms with Gasteiger partial charge in [-0.2, -0.15) is 11.8 Å². The van der Waals surface area contributed by atoms with Crippen LogP contribution in [0.3, 0.4) is 0 Å². The lowest BCUT2D eigenvalue weighted by atomic mass is 10.2. The molecule has 1 aromatic rings. The summed E-state index contributed by atoms with van der Waals surface area (Å²) in [5.41, 5.74) is 6.09.